The molecule has 0 spiro atoms. The van der Waals surface area contributed by atoms with Crippen molar-refractivity contribution in [1.82, 2.24) is 5.32 Å². The quantitative estimate of drug-likeness (QED) is 0.826. The van der Waals surface area contributed by atoms with Gasteiger partial charge in [0.25, 0.3) is 5.91 Å². The Morgan fingerprint density at radius 2 is 1.88 bits per heavy atom. The van der Waals surface area contributed by atoms with Crippen LogP contribution in [0, 0.1) is 0 Å². The molecule has 1 aromatic carbocycles. The fourth-order valence-electron chi connectivity index (χ4n) is 3.50. The van der Waals surface area contributed by atoms with Gasteiger partial charge in [0.15, 0.2) is 0 Å². The molecule has 1 heterocycles. The summed E-state index contributed by atoms with van der Waals surface area (Å²) in [5.41, 5.74) is -0.694. The molecule has 1 aliphatic carbocycles. The summed E-state index contributed by atoms with van der Waals surface area (Å²) in [7, 11) is 0. The molecule has 25 heavy (non-hydrogen) atoms. The van der Waals surface area contributed by atoms with E-state index in [0.717, 1.165) is 38.7 Å². The zero-order chi connectivity index (χ0) is 17.7. The van der Waals surface area contributed by atoms with Crippen molar-refractivity contribution in [3.8, 4) is 5.75 Å². The first-order valence-corrected chi connectivity index (χ1v) is 8.99. The van der Waals surface area contributed by atoms with E-state index >= 15 is 0 Å². The molecule has 2 aliphatic rings. The lowest BCUT2D eigenvalue weighted by Gasteiger charge is -2.34. The highest BCUT2D eigenvalue weighted by Gasteiger charge is 2.41. The third kappa shape index (κ3) is 4.31. The molecule has 0 aromatic heterocycles. The van der Waals surface area contributed by atoms with Crippen LogP contribution in [0.5, 0.6) is 5.75 Å². The van der Waals surface area contributed by atoms with Gasteiger partial charge in [-0.25, -0.2) is 4.79 Å². The van der Waals surface area contributed by atoms with Gasteiger partial charge in [-0.05, 0) is 49.9 Å². The first kappa shape index (κ1) is 17.7. The molecule has 2 N–H and O–H groups in total. The number of amides is 1. The largest absolute Gasteiger partial charge is 0.491 e. The van der Waals surface area contributed by atoms with E-state index in [1.165, 1.54) is 0 Å². The van der Waals surface area contributed by atoms with Crippen LogP contribution in [-0.4, -0.2) is 41.8 Å². The number of benzene rings is 1. The molecule has 1 unspecified atom stereocenters. The highest BCUT2D eigenvalue weighted by molar-refractivity contribution is 5.98. The van der Waals surface area contributed by atoms with Crippen LogP contribution in [0.3, 0.4) is 0 Å². The molecule has 0 bridgehead atoms. The third-order valence-electron chi connectivity index (χ3n) is 5.05. The van der Waals surface area contributed by atoms with Crippen LogP contribution in [0.25, 0.3) is 0 Å². The zero-order valence-corrected chi connectivity index (χ0v) is 14.3. The molecule has 1 saturated carbocycles. The van der Waals surface area contributed by atoms with Crippen LogP contribution in [0.1, 0.15) is 55.3 Å². The van der Waals surface area contributed by atoms with Gasteiger partial charge < -0.3 is 19.9 Å². The second kappa shape index (κ2) is 7.87. The Bertz CT molecular complexity index is 601. The fraction of sp³-hybridized carbons (Fsp3) is 0.579. The average molecular weight is 347 g/mol. The molecular weight excluding hydrogens is 322 g/mol. The van der Waals surface area contributed by atoms with Gasteiger partial charge in [0.1, 0.15) is 17.9 Å². The summed E-state index contributed by atoms with van der Waals surface area (Å²) in [6.07, 6.45) is 5.85. The number of rotatable bonds is 6. The number of hydrogen-bond donors (Lipinski definition) is 2. The minimum Gasteiger partial charge on any atom is -0.491 e. The molecule has 3 rings (SSSR count). The monoisotopic (exact) mass is 347 g/mol. The van der Waals surface area contributed by atoms with E-state index < -0.39 is 11.5 Å². The number of carbonyl (C=O) groups is 2. The summed E-state index contributed by atoms with van der Waals surface area (Å²) < 4.78 is 11.2. The van der Waals surface area contributed by atoms with Crippen molar-refractivity contribution in [1.29, 1.82) is 0 Å². The van der Waals surface area contributed by atoms with Crippen LogP contribution in [0.15, 0.2) is 24.3 Å². The van der Waals surface area contributed by atoms with E-state index in [-0.39, 0.29) is 12.0 Å². The Kier molecular flexibility index (Phi) is 5.58. The average Bonchev–Trinajstić information content (AvgIpc) is 3.14. The van der Waals surface area contributed by atoms with Gasteiger partial charge in [0.05, 0.1) is 6.10 Å². The first-order chi connectivity index (χ1) is 12.1. The lowest BCUT2D eigenvalue weighted by molar-refractivity contribution is -0.145. The van der Waals surface area contributed by atoms with E-state index in [4.69, 9.17) is 9.47 Å². The highest BCUT2D eigenvalue weighted by Crippen LogP contribution is 2.29. The number of aliphatic carboxylic acids is 1. The number of hydrogen-bond acceptors (Lipinski definition) is 4. The van der Waals surface area contributed by atoms with Gasteiger partial charge in [-0.3, -0.25) is 4.79 Å². The van der Waals surface area contributed by atoms with Crippen molar-refractivity contribution >= 4 is 11.9 Å². The number of nitrogens with one attached hydrogen (secondary N) is 1. The molecule has 136 valence electrons. The molecule has 2 fully saturated rings. The Balaban J connectivity index is 1.58. The minimum atomic E-state index is -1.13. The Labute approximate surface area is 147 Å². The topological polar surface area (TPSA) is 84.9 Å². The second-order valence-corrected chi connectivity index (χ2v) is 6.87. The van der Waals surface area contributed by atoms with Crippen LogP contribution >= 0.6 is 0 Å². The lowest BCUT2D eigenvalue weighted by atomic mass is 9.81. The Hall–Kier alpha value is -2.08. The van der Waals surface area contributed by atoms with Crippen molar-refractivity contribution < 1.29 is 24.2 Å². The minimum absolute atomic E-state index is 0.143. The van der Waals surface area contributed by atoms with Crippen molar-refractivity contribution in [2.45, 2.75) is 56.6 Å². The van der Waals surface area contributed by atoms with E-state index in [0.29, 0.717) is 30.8 Å². The summed E-state index contributed by atoms with van der Waals surface area (Å²) in [5.74, 6) is -0.621. The number of ether oxygens (including phenoxy) is 2. The molecule has 1 aliphatic heterocycles. The van der Waals surface area contributed by atoms with Gasteiger partial charge in [-0.1, -0.05) is 19.3 Å². The molecule has 1 saturated heterocycles. The summed E-state index contributed by atoms with van der Waals surface area (Å²) in [4.78, 5) is 24.1. The number of carboxylic acid groups (broad SMARTS) is 1. The van der Waals surface area contributed by atoms with Gasteiger partial charge in [0, 0.05) is 12.2 Å². The molecular formula is C19H25NO5. The predicted octanol–water partition coefficient (Wildman–Crippen LogP) is 2.76. The van der Waals surface area contributed by atoms with Crippen molar-refractivity contribution in [3.05, 3.63) is 29.8 Å². The number of carboxylic acids is 1. The summed E-state index contributed by atoms with van der Waals surface area (Å²) in [6.45, 7) is 1.30. The summed E-state index contributed by atoms with van der Waals surface area (Å²) in [6, 6.07) is 6.80. The maximum Gasteiger partial charge on any atom is 0.329 e. The fourth-order valence-corrected chi connectivity index (χ4v) is 3.50. The van der Waals surface area contributed by atoms with Crippen molar-refractivity contribution in [3.63, 3.8) is 0 Å². The predicted molar refractivity (Wildman–Crippen MR) is 91.8 cm³/mol. The van der Waals surface area contributed by atoms with Crippen molar-refractivity contribution in [2.24, 2.45) is 0 Å². The molecule has 6 heteroatoms. The van der Waals surface area contributed by atoms with E-state index in [2.05, 4.69) is 5.32 Å². The Morgan fingerprint density at radius 1 is 1.16 bits per heavy atom. The summed E-state index contributed by atoms with van der Waals surface area (Å²) >= 11 is 0. The van der Waals surface area contributed by atoms with Crippen LogP contribution < -0.4 is 10.1 Å². The van der Waals surface area contributed by atoms with E-state index in [1.807, 2.05) is 0 Å². The molecule has 0 radical (unpaired) electrons. The SMILES string of the molecule is O=C(NC1(C(=O)O)CCCCC1)c1ccc(OCC2CCCO2)cc1. The second-order valence-electron chi connectivity index (χ2n) is 6.87. The van der Waals surface area contributed by atoms with Crippen LogP contribution in [0.2, 0.25) is 0 Å². The molecule has 6 nitrogen and oxygen atoms in total. The summed E-state index contributed by atoms with van der Waals surface area (Å²) in [5, 5.41) is 12.3. The van der Waals surface area contributed by atoms with Gasteiger partial charge in [-0.15, -0.1) is 0 Å². The third-order valence-corrected chi connectivity index (χ3v) is 5.05. The molecule has 1 amide bonds. The smallest absolute Gasteiger partial charge is 0.329 e. The van der Waals surface area contributed by atoms with Gasteiger partial charge in [-0.2, -0.15) is 0 Å². The maximum atomic E-state index is 12.5. The lowest BCUT2D eigenvalue weighted by Crippen LogP contribution is -2.55. The zero-order valence-electron chi connectivity index (χ0n) is 14.3. The van der Waals surface area contributed by atoms with E-state index in [9.17, 15) is 14.7 Å². The first-order valence-electron chi connectivity index (χ1n) is 8.99. The molecule has 1 aromatic rings. The van der Waals surface area contributed by atoms with Crippen LogP contribution in [-0.2, 0) is 9.53 Å². The standard InChI is InChI=1S/C19H25NO5/c21-17(20-19(18(22)23)10-2-1-3-11-19)14-6-8-15(9-7-14)25-13-16-5-4-12-24-16/h6-9,16H,1-5,10-13H2,(H,20,21)(H,22,23). The Morgan fingerprint density at radius 3 is 2.48 bits per heavy atom. The van der Waals surface area contributed by atoms with Gasteiger partial charge >= 0.3 is 5.97 Å². The molecule has 1 atom stereocenters. The maximum absolute atomic E-state index is 12.5. The van der Waals surface area contributed by atoms with Crippen LogP contribution in [0.4, 0.5) is 0 Å². The normalized spacial score (nSPS) is 22.3. The van der Waals surface area contributed by atoms with Gasteiger partial charge in [0.2, 0.25) is 0 Å². The number of carbonyl (C=O) groups excluding carboxylic acids is 1. The van der Waals surface area contributed by atoms with E-state index in [1.54, 1.807) is 24.3 Å². The van der Waals surface area contributed by atoms with Crippen molar-refractivity contribution in [2.75, 3.05) is 13.2 Å². The highest BCUT2D eigenvalue weighted by atomic mass is 16.5.